The van der Waals surface area contributed by atoms with Crippen LogP contribution in [0.25, 0.3) is 5.57 Å². The van der Waals surface area contributed by atoms with Crippen LogP contribution < -0.4 is 10.1 Å². The average Bonchev–Trinajstić information content (AvgIpc) is 3.07. The van der Waals surface area contributed by atoms with Gasteiger partial charge in [-0.1, -0.05) is 17.7 Å². The third-order valence-electron chi connectivity index (χ3n) is 4.46. The Morgan fingerprint density at radius 3 is 2.88 bits per heavy atom. The summed E-state index contributed by atoms with van der Waals surface area (Å²) in [6.45, 7) is 2.53. The molecule has 6 nitrogen and oxygen atoms in total. The SMILES string of the molecule is COc1ccc(NC(=O)CCN2CC=C(c3cnn(C)c3)CC2)cc1Cl. The summed E-state index contributed by atoms with van der Waals surface area (Å²) in [5.41, 5.74) is 3.19. The summed E-state index contributed by atoms with van der Waals surface area (Å²) in [7, 11) is 3.49. The molecule has 0 unspecified atom stereocenters. The number of methoxy groups -OCH3 is 1. The second-order valence-corrected chi connectivity index (χ2v) is 6.74. The van der Waals surface area contributed by atoms with E-state index in [0.717, 1.165) is 26.1 Å². The zero-order chi connectivity index (χ0) is 18.5. The monoisotopic (exact) mass is 374 g/mol. The Bertz CT molecular complexity index is 816. The number of hydrogen-bond donors (Lipinski definition) is 1. The van der Waals surface area contributed by atoms with Crippen molar-refractivity contribution in [1.29, 1.82) is 0 Å². The van der Waals surface area contributed by atoms with Crippen LogP contribution in [0.3, 0.4) is 0 Å². The van der Waals surface area contributed by atoms with Crippen molar-refractivity contribution in [1.82, 2.24) is 14.7 Å². The van der Waals surface area contributed by atoms with Crippen LogP contribution in [0.2, 0.25) is 5.02 Å². The first-order valence-electron chi connectivity index (χ1n) is 8.59. The van der Waals surface area contributed by atoms with Gasteiger partial charge in [0.1, 0.15) is 5.75 Å². The number of amides is 1. The Kier molecular flexibility index (Phi) is 5.96. The largest absolute Gasteiger partial charge is 0.495 e. The molecule has 1 amide bonds. The highest BCUT2D eigenvalue weighted by Gasteiger charge is 2.15. The van der Waals surface area contributed by atoms with Crippen molar-refractivity contribution in [2.75, 3.05) is 32.1 Å². The smallest absolute Gasteiger partial charge is 0.225 e. The van der Waals surface area contributed by atoms with E-state index in [-0.39, 0.29) is 5.91 Å². The van der Waals surface area contributed by atoms with Gasteiger partial charge in [0.15, 0.2) is 0 Å². The van der Waals surface area contributed by atoms with Gasteiger partial charge in [-0.05, 0) is 30.2 Å². The molecule has 1 aliphatic rings. The van der Waals surface area contributed by atoms with E-state index < -0.39 is 0 Å². The normalized spacial score (nSPS) is 14.8. The fourth-order valence-electron chi connectivity index (χ4n) is 2.99. The molecule has 1 aromatic heterocycles. The van der Waals surface area contributed by atoms with E-state index in [4.69, 9.17) is 16.3 Å². The summed E-state index contributed by atoms with van der Waals surface area (Å²) < 4.78 is 6.93. The van der Waals surface area contributed by atoms with Gasteiger partial charge in [0.25, 0.3) is 0 Å². The van der Waals surface area contributed by atoms with Gasteiger partial charge in [0.05, 0.1) is 18.3 Å². The van der Waals surface area contributed by atoms with Gasteiger partial charge >= 0.3 is 0 Å². The lowest BCUT2D eigenvalue weighted by atomic mass is 10.0. The van der Waals surface area contributed by atoms with Gasteiger partial charge in [0, 0.05) is 50.6 Å². The van der Waals surface area contributed by atoms with Crippen molar-refractivity contribution < 1.29 is 9.53 Å². The number of aryl methyl sites for hydroxylation is 1. The van der Waals surface area contributed by atoms with Crippen molar-refractivity contribution in [3.8, 4) is 5.75 Å². The maximum absolute atomic E-state index is 12.2. The molecule has 3 rings (SSSR count). The van der Waals surface area contributed by atoms with Gasteiger partial charge < -0.3 is 10.1 Å². The lowest BCUT2D eigenvalue weighted by molar-refractivity contribution is -0.116. The first-order valence-corrected chi connectivity index (χ1v) is 8.97. The first-order chi connectivity index (χ1) is 12.5. The van der Waals surface area contributed by atoms with Crippen molar-refractivity contribution in [2.24, 2.45) is 7.05 Å². The zero-order valence-corrected chi connectivity index (χ0v) is 15.8. The number of hydrogen-bond acceptors (Lipinski definition) is 4. The molecule has 0 saturated heterocycles. The summed E-state index contributed by atoms with van der Waals surface area (Å²) in [4.78, 5) is 14.4. The predicted molar refractivity (Wildman–Crippen MR) is 103 cm³/mol. The van der Waals surface area contributed by atoms with Crippen molar-refractivity contribution in [3.63, 3.8) is 0 Å². The minimum absolute atomic E-state index is 0.0201. The van der Waals surface area contributed by atoms with Crippen LogP contribution in [-0.4, -0.2) is 47.3 Å². The van der Waals surface area contributed by atoms with E-state index in [2.05, 4.69) is 21.4 Å². The minimum atomic E-state index is -0.0201. The Morgan fingerprint density at radius 2 is 2.27 bits per heavy atom. The molecule has 1 N–H and O–H groups in total. The van der Waals surface area contributed by atoms with Crippen molar-refractivity contribution in [3.05, 3.63) is 47.3 Å². The van der Waals surface area contributed by atoms with Gasteiger partial charge in [-0.3, -0.25) is 14.4 Å². The number of ether oxygens (including phenoxy) is 1. The maximum atomic E-state index is 12.2. The Labute approximate surface area is 158 Å². The van der Waals surface area contributed by atoms with Gasteiger partial charge in [0.2, 0.25) is 5.91 Å². The maximum Gasteiger partial charge on any atom is 0.225 e. The van der Waals surface area contributed by atoms with E-state index >= 15 is 0 Å². The number of nitrogens with one attached hydrogen (secondary N) is 1. The lowest BCUT2D eigenvalue weighted by Gasteiger charge is -2.25. The molecule has 0 fully saturated rings. The number of halogens is 1. The summed E-state index contributed by atoms with van der Waals surface area (Å²) in [6.07, 6.45) is 7.58. The molecule has 1 aliphatic heterocycles. The van der Waals surface area contributed by atoms with E-state index in [1.165, 1.54) is 11.1 Å². The van der Waals surface area contributed by atoms with Crippen LogP contribution in [0.5, 0.6) is 5.75 Å². The highest BCUT2D eigenvalue weighted by atomic mass is 35.5. The van der Waals surface area contributed by atoms with Crippen molar-refractivity contribution >= 4 is 28.8 Å². The second kappa shape index (κ2) is 8.38. The summed E-state index contributed by atoms with van der Waals surface area (Å²) >= 11 is 6.08. The molecular weight excluding hydrogens is 352 g/mol. The molecule has 26 heavy (non-hydrogen) atoms. The molecule has 7 heteroatoms. The number of carbonyl (C=O) groups excluding carboxylic acids is 1. The first kappa shape index (κ1) is 18.5. The third-order valence-corrected chi connectivity index (χ3v) is 4.75. The minimum Gasteiger partial charge on any atom is -0.495 e. The van der Waals surface area contributed by atoms with Crippen molar-refractivity contribution in [2.45, 2.75) is 12.8 Å². The molecule has 0 saturated carbocycles. The lowest BCUT2D eigenvalue weighted by Crippen LogP contribution is -2.31. The molecule has 1 aromatic carbocycles. The summed E-state index contributed by atoms with van der Waals surface area (Å²) in [5, 5.41) is 7.58. The Hall–Kier alpha value is -2.31. The van der Waals surface area contributed by atoms with Gasteiger partial charge in [-0.15, -0.1) is 0 Å². The van der Waals surface area contributed by atoms with Crippen LogP contribution in [0.15, 0.2) is 36.7 Å². The standard InChI is InChI=1S/C19H23ClN4O2/c1-23-13-15(12-21-23)14-5-8-24(9-6-14)10-7-19(25)22-16-3-4-18(26-2)17(20)11-16/h3-5,11-13H,6-10H2,1-2H3,(H,22,25). The Morgan fingerprint density at radius 1 is 1.42 bits per heavy atom. The molecular formula is C19H23ClN4O2. The van der Waals surface area contributed by atoms with E-state index in [1.807, 2.05) is 24.1 Å². The van der Waals surface area contributed by atoms with Crippen LogP contribution in [0.1, 0.15) is 18.4 Å². The number of aromatic nitrogens is 2. The zero-order valence-electron chi connectivity index (χ0n) is 15.0. The molecule has 138 valence electrons. The molecule has 0 aliphatic carbocycles. The molecule has 2 heterocycles. The highest BCUT2D eigenvalue weighted by Crippen LogP contribution is 2.27. The number of rotatable bonds is 6. The van der Waals surface area contributed by atoms with Crippen LogP contribution >= 0.6 is 11.6 Å². The fourth-order valence-corrected chi connectivity index (χ4v) is 3.25. The average molecular weight is 375 g/mol. The topological polar surface area (TPSA) is 59.4 Å². The number of carbonyl (C=O) groups is 1. The quantitative estimate of drug-likeness (QED) is 0.843. The molecule has 0 bridgehead atoms. The van der Waals surface area contributed by atoms with Crippen LogP contribution in [0.4, 0.5) is 5.69 Å². The number of benzene rings is 1. The summed E-state index contributed by atoms with van der Waals surface area (Å²) in [6, 6.07) is 5.22. The molecule has 0 atom stereocenters. The second-order valence-electron chi connectivity index (χ2n) is 6.33. The fraction of sp³-hybridized carbons (Fsp3) is 0.368. The van der Waals surface area contributed by atoms with Gasteiger partial charge in [-0.25, -0.2) is 0 Å². The molecule has 2 aromatic rings. The molecule has 0 spiro atoms. The number of anilines is 1. The third kappa shape index (κ3) is 4.65. The predicted octanol–water partition coefficient (Wildman–Crippen LogP) is 3.20. The van der Waals surface area contributed by atoms with E-state index in [9.17, 15) is 4.79 Å². The van der Waals surface area contributed by atoms with Crippen LogP contribution in [-0.2, 0) is 11.8 Å². The number of nitrogens with zero attached hydrogens (tertiary/aromatic N) is 3. The van der Waals surface area contributed by atoms with E-state index in [0.29, 0.717) is 22.9 Å². The highest BCUT2D eigenvalue weighted by molar-refractivity contribution is 6.32. The van der Waals surface area contributed by atoms with Gasteiger partial charge in [-0.2, -0.15) is 5.10 Å². The summed E-state index contributed by atoms with van der Waals surface area (Å²) in [5.74, 6) is 0.572. The Balaban J connectivity index is 1.46. The van der Waals surface area contributed by atoms with Crippen LogP contribution in [0, 0.1) is 0 Å². The molecule has 0 radical (unpaired) electrons. The van der Waals surface area contributed by atoms with E-state index in [1.54, 1.807) is 25.3 Å².